The van der Waals surface area contributed by atoms with E-state index in [1.54, 1.807) is 16.3 Å². The first-order valence-electron chi connectivity index (χ1n) is 6.20. The van der Waals surface area contributed by atoms with E-state index in [9.17, 15) is 13.2 Å². The Morgan fingerprint density at radius 3 is 2.75 bits per heavy atom. The molecule has 1 aromatic heterocycles. The summed E-state index contributed by atoms with van der Waals surface area (Å²) in [4.78, 5) is 14.4. The van der Waals surface area contributed by atoms with Crippen LogP contribution in [0.15, 0.2) is 11.4 Å². The summed E-state index contributed by atoms with van der Waals surface area (Å²) < 4.78 is 22.7. The fourth-order valence-corrected chi connectivity index (χ4v) is 3.86. The van der Waals surface area contributed by atoms with Gasteiger partial charge in [-0.15, -0.1) is 11.3 Å². The number of thiophene rings is 1. The minimum Gasteiger partial charge on any atom is -0.395 e. The monoisotopic (exact) mass is 313 g/mol. The molecule has 0 saturated carbocycles. The van der Waals surface area contributed by atoms with Gasteiger partial charge in [0.15, 0.2) is 9.84 Å². The number of sulfone groups is 1. The summed E-state index contributed by atoms with van der Waals surface area (Å²) in [6.07, 6.45) is 0.367. The number of carbonyl (C=O) groups excluding carboxylic acids is 1. The molecule has 1 fully saturated rings. The van der Waals surface area contributed by atoms with Crippen molar-refractivity contribution < 1.29 is 18.3 Å². The summed E-state index contributed by atoms with van der Waals surface area (Å²) >= 11 is 1.30. The SMILES string of the molecule is O=C(c1sccc1C#CCCO)N1CCS(=O)(=O)CC1. The second-order valence-corrected chi connectivity index (χ2v) is 7.60. The molecule has 0 radical (unpaired) electrons. The van der Waals surface area contributed by atoms with Crippen LogP contribution in [0.1, 0.15) is 21.7 Å². The van der Waals surface area contributed by atoms with Crippen molar-refractivity contribution in [2.24, 2.45) is 0 Å². The number of hydrogen-bond donors (Lipinski definition) is 1. The van der Waals surface area contributed by atoms with Gasteiger partial charge in [0.2, 0.25) is 0 Å². The number of hydrogen-bond acceptors (Lipinski definition) is 5. The average molecular weight is 313 g/mol. The molecule has 0 aliphatic carbocycles. The summed E-state index contributed by atoms with van der Waals surface area (Å²) in [5, 5.41) is 10.5. The first kappa shape index (κ1) is 15.0. The van der Waals surface area contributed by atoms with Gasteiger partial charge in [-0.3, -0.25) is 4.79 Å². The van der Waals surface area contributed by atoms with E-state index in [-0.39, 0.29) is 37.1 Å². The standard InChI is InChI=1S/C13H15NO4S2/c15-7-2-1-3-11-4-8-19-12(11)13(16)14-5-9-20(17,18)10-6-14/h4,8,15H,2,5-7,9-10H2. The van der Waals surface area contributed by atoms with Crippen molar-refractivity contribution in [3.05, 3.63) is 21.9 Å². The van der Waals surface area contributed by atoms with E-state index in [1.807, 2.05) is 0 Å². The van der Waals surface area contributed by atoms with Crippen molar-refractivity contribution >= 4 is 27.1 Å². The molecule has 2 rings (SSSR count). The van der Waals surface area contributed by atoms with E-state index in [0.29, 0.717) is 16.9 Å². The van der Waals surface area contributed by atoms with Crippen molar-refractivity contribution in [2.45, 2.75) is 6.42 Å². The molecule has 1 N–H and O–H groups in total. The normalized spacial score (nSPS) is 17.4. The van der Waals surface area contributed by atoms with Gasteiger partial charge < -0.3 is 10.0 Å². The van der Waals surface area contributed by atoms with E-state index in [0.717, 1.165) is 0 Å². The number of aliphatic hydroxyl groups excluding tert-OH is 1. The van der Waals surface area contributed by atoms with Crippen LogP contribution in [0, 0.1) is 11.8 Å². The smallest absolute Gasteiger partial charge is 0.265 e. The Labute approximate surface area is 122 Å². The van der Waals surface area contributed by atoms with E-state index < -0.39 is 9.84 Å². The summed E-state index contributed by atoms with van der Waals surface area (Å²) in [5.41, 5.74) is 0.641. The third-order valence-electron chi connectivity index (χ3n) is 2.95. The van der Waals surface area contributed by atoms with Crippen LogP contribution in [-0.4, -0.2) is 55.5 Å². The highest BCUT2D eigenvalue weighted by Gasteiger charge is 2.27. The van der Waals surface area contributed by atoms with Gasteiger partial charge in [-0.25, -0.2) is 8.42 Å². The van der Waals surface area contributed by atoms with Crippen molar-refractivity contribution in [3.8, 4) is 11.8 Å². The van der Waals surface area contributed by atoms with Gasteiger partial charge in [0.05, 0.1) is 18.1 Å². The van der Waals surface area contributed by atoms with Gasteiger partial charge in [0, 0.05) is 25.1 Å². The molecule has 0 unspecified atom stereocenters. The lowest BCUT2D eigenvalue weighted by molar-refractivity contribution is 0.0775. The Hall–Kier alpha value is -1.36. The molecule has 1 amide bonds. The molecular weight excluding hydrogens is 298 g/mol. The molecule has 5 nitrogen and oxygen atoms in total. The topological polar surface area (TPSA) is 74.7 Å². The zero-order valence-electron chi connectivity index (χ0n) is 10.8. The van der Waals surface area contributed by atoms with Gasteiger partial charge in [0.1, 0.15) is 4.88 Å². The van der Waals surface area contributed by atoms with Crippen LogP contribution in [0.25, 0.3) is 0 Å². The highest BCUT2D eigenvalue weighted by atomic mass is 32.2. The van der Waals surface area contributed by atoms with Crippen LogP contribution < -0.4 is 0 Å². The lowest BCUT2D eigenvalue weighted by atomic mass is 10.2. The molecule has 1 saturated heterocycles. The first-order chi connectivity index (χ1) is 9.53. The Kier molecular flexibility index (Phi) is 4.81. The average Bonchev–Trinajstić information content (AvgIpc) is 2.87. The third kappa shape index (κ3) is 3.60. The van der Waals surface area contributed by atoms with Crippen LogP contribution in [0.2, 0.25) is 0 Å². The van der Waals surface area contributed by atoms with Gasteiger partial charge in [-0.05, 0) is 11.4 Å². The second kappa shape index (κ2) is 6.39. The maximum Gasteiger partial charge on any atom is 0.265 e. The minimum atomic E-state index is -2.99. The molecule has 0 atom stereocenters. The molecule has 108 valence electrons. The highest BCUT2D eigenvalue weighted by molar-refractivity contribution is 7.91. The molecule has 1 aliphatic heterocycles. The minimum absolute atomic E-state index is 0.00952. The molecule has 0 bridgehead atoms. The van der Waals surface area contributed by atoms with E-state index in [4.69, 9.17) is 5.11 Å². The summed E-state index contributed by atoms with van der Waals surface area (Å²) in [6.45, 7) is 0.468. The molecular formula is C13H15NO4S2. The quantitative estimate of drug-likeness (QED) is 0.800. The zero-order valence-corrected chi connectivity index (χ0v) is 12.5. The van der Waals surface area contributed by atoms with Gasteiger partial charge in [-0.1, -0.05) is 11.8 Å². The number of nitrogens with zero attached hydrogens (tertiary/aromatic N) is 1. The Balaban J connectivity index is 2.11. The fourth-order valence-electron chi connectivity index (χ4n) is 1.85. The van der Waals surface area contributed by atoms with Crippen molar-refractivity contribution in [1.82, 2.24) is 4.90 Å². The van der Waals surface area contributed by atoms with E-state index in [2.05, 4.69) is 11.8 Å². The van der Waals surface area contributed by atoms with Crippen LogP contribution in [-0.2, 0) is 9.84 Å². The predicted molar refractivity (Wildman–Crippen MR) is 77.5 cm³/mol. The maximum absolute atomic E-state index is 12.3. The van der Waals surface area contributed by atoms with Crippen LogP contribution >= 0.6 is 11.3 Å². The lowest BCUT2D eigenvalue weighted by Gasteiger charge is -2.26. The van der Waals surface area contributed by atoms with Crippen LogP contribution in [0.4, 0.5) is 0 Å². The van der Waals surface area contributed by atoms with Gasteiger partial charge in [0.25, 0.3) is 5.91 Å². The zero-order chi connectivity index (χ0) is 14.6. The molecule has 20 heavy (non-hydrogen) atoms. The fraction of sp³-hybridized carbons (Fsp3) is 0.462. The third-order valence-corrected chi connectivity index (χ3v) is 5.46. The predicted octanol–water partition coefficient (Wildman–Crippen LogP) is 0.353. The molecule has 1 aromatic rings. The van der Waals surface area contributed by atoms with E-state index in [1.165, 1.54) is 11.3 Å². The van der Waals surface area contributed by atoms with Crippen molar-refractivity contribution in [1.29, 1.82) is 0 Å². The Morgan fingerprint density at radius 2 is 2.10 bits per heavy atom. The lowest BCUT2D eigenvalue weighted by Crippen LogP contribution is -2.43. The highest BCUT2D eigenvalue weighted by Crippen LogP contribution is 2.19. The van der Waals surface area contributed by atoms with Crippen LogP contribution in [0.5, 0.6) is 0 Å². The molecule has 2 heterocycles. The van der Waals surface area contributed by atoms with Gasteiger partial charge in [-0.2, -0.15) is 0 Å². The van der Waals surface area contributed by atoms with Crippen molar-refractivity contribution in [2.75, 3.05) is 31.2 Å². The summed E-state index contributed by atoms with van der Waals surface area (Å²) in [6, 6.07) is 1.77. The molecule has 1 aliphatic rings. The van der Waals surface area contributed by atoms with Crippen LogP contribution in [0.3, 0.4) is 0 Å². The van der Waals surface area contributed by atoms with Crippen molar-refractivity contribution in [3.63, 3.8) is 0 Å². The Bertz CT molecular complexity index is 637. The molecule has 7 heteroatoms. The number of aliphatic hydroxyl groups is 1. The number of amides is 1. The summed E-state index contributed by atoms with van der Waals surface area (Å²) in [7, 11) is -2.99. The number of carbonyl (C=O) groups is 1. The Morgan fingerprint density at radius 1 is 1.40 bits per heavy atom. The second-order valence-electron chi connectivity index (χ2n) is 4.38. The van der Waals surface area contributed by atoms with Gasteiger partial charge >= 0.3 is 0 Å². The molecule has 0 aromatic carbocycles. The van der Waals surface area contributed by atoms with E-state index >= 15 is 0 Å². The number of rotatable bonds is 2. The summed E-state index contributed by atoms with van der Waals surface area (Å²) in [5.74, 6) is 5.54. The largest absolute Gasteiger partial charge is 0.395 e. The first-order valence-corrected chi connectivity index (χ1v) is 8.90. The molecule has 0 spiro atoms. The maximum atomic E-state index is 12.3.